The first-order valence-corrected chi connectivity index (χ1v) is 11.5. The lowest BCUT2D eigenvalue weighted by molar-refractivity contribution is -0.111. The Morgan fingerprint density at radius 2 is 1.73 bits per heavy atom. The molecule has 0 aliphatic heterocycles. The Balaban J connectivity index is 0.00000187. The second kappa shape index (κ2) is 12.9. The van der Waals surface area contributed by atoms with Crippen molar-refractivity contribution in [1.82, 2.24) is 0 Å². The number of benzene rings is 3. The standard InChI is InChI=1S/C27H27N3O.C2H6/c1-4-30(5-2)24-11-8-10-21(17-24)13-16-27(31)29-26-18-22(14-15-23(26)19-28)25-12-7-6-9-20(25)3;1-2/h6-18H,4-5H2,1-3H3,(H,29,31);1-2H3/b16-13+;. The second-order valence-corrected chi connectivity index (χ2v) is 7.28. The van der Waals surface area contributed by atoms with Crippen molar-refractivity contribution in [3.8, 4) is 17.2 Å². The summed E-state index contributed by atoms with van der Waals surface area (Å²) in [6, 6.07) is 23.8. The number of carbonyl (C=O) groups is 1. The number of anilines is 2. The summed E-state index contributed by atoms with van der Waals surface area (Å²) in [6.45, 7) is 12.1. The van der Waals surface area contributed by atoms with Crippen molar-refractivity contribution >= 4 is 23.4 Å². The van der Waals surface area contributed by atoms with Crippen molar-refractivity contribution in [2.24, 2.45) is 0 Å². The summed E-state index contributed by atoms with van der Waals surface area (Å²) in [5.74, 6) is -0.272. The molecule has 3 aromatic rings. The third-order valence-corrected chi connectivity index (χ3v) is 5.28. The summed E-state index contributed by atoms with van der Waals surface area (Å²) in [6.07, 6.45) is 3.29. The van der Waals surface area contributed by atoms with E-state index in [1.165, 1.54) is 6.08 Å². The third-order valence-electron chi connectivity index (χ3n) is 5.28. The molecule has 1 amide bonds. The first-order valence-electron chi connectivity index (χ1n) is 11.5. The molecule has 3 aromatic carbocycles. The Labute approximate surface area is 198 Å². The Morgan fingerprint density at radius 1 is 1.00 bits per heavy atom. The molecule has 0 aliphatic carbocycles. The number of nitrogens with zero attached hydrogens (tertiary/aromatic N) is 2. The first kappa shape index (κ1) is 25.4. The van der Waals surface area contributed by atoms with E-state index in [4.69, 9.17) is 0 Å². The van der Waals surface area contributed by atoms with E-state index in [2.05, 4.69) is 42.3 Å². The van der Waals surface area contributed by atoms with E-state index in [1.807, 2.05) is 69.3 Å². The molecule has 0 bridgehead atoms. The molecule has 0 saturated heterocycles. The van der Waals surface area contributed by atoms with Crippen molar-refractivity contribution in [3.63, 3.8) is 0 Å². The van der Waals surface area contributed by atoms with Crippen molar-refractivity contribution in [2.45, 2.75) is 34.6 Å². The van der Waals surface area contributed by atoms with Crippen LogP contribution < -0.4 is 10.2 Å². The minimum absolute atomic E-state index is 0.272. The number of hydrogen-bond acceptors (Lipinski definition) is 3. The van der Waals surface area contributed by atoms with Gasteiger partial charge in [0.25, 0.3) is 0 Å². The Bertz CT molecular complexity index is 1140. The van der Waals surface area contributed by atoms with Gasteiger partial charge in [0.1, 0.15) is 6.07 Å². The predicted octanol–water partition coefficient (Wildman–Crippen LogP) is 7.06. The monoisotopic (exact) mass is 439 g/mol. The molecule has 0 fully saturated rings. The lowest BCUT2D eigenvalue weighted by Gasteiger charge is -2.21. The lowest BCUT2D eigenvalue weighted by Crippen LogP contribution is -2.21. The number of rotatable bonds is 7. The van der Waals surface area contributed by atoms with Gasteiger partial charge in [-0.1, -0.05) is 56.3 Å². The number of carbonyl (C=O) groups excluding carboxylic acids is 1. The summed E-state index contributed by atoms with van der Waals surface area (Å²) in [5.41, 5.74) is 6.20. The maximum absolute atomic E-state index is 12.6. The summed E-state index contributed by atoms with van der Waals surface area (Å²) in [5, 5.41) is 12.3. The highest BCUT2D eigenvalue weighted by Crippen LogP contribution is 2.28. The molecule has 0 saturated carbocycles. The molecule has 33 heavy (non-hydrogen) atoms. The molecular weight excluding hydrogens is 406 g/mol. The Hall–Kier alpha value is -3.84. The van der Waals surface area contributed by atoms with Crippen molar-refractivity contribution < 1.29 is 4.79 Å². The van der Waals surface area contributed by atoms with Gasteiger partial charge < -0.3 is 10.2 Å². The molecule has 1 N–H and O–H groups in total. The molecular formula is C29H33N3O. The minimum atomic E-state index is -0.272. The van der Waals surface area contributed by atoms with E-state index in [1.54, 1.807) is 12.1 Å². The maximum Gasteiger partial charge on any atom is 0.248 e. The average molecular weight is 440 g/mol. The van der Waals surface area contributed by atoms with E-state index >= 15 is 0 Å². The average Bonchev–Trinajstić information content (AvgIpc) is 2.85. The predicted molar refractivity (Wildman–Crippen MR) is 140 cm³/mol. The Kier molecular flexibility index (Phi) is 9.92. The molecule has 4 nitrogen and oxygen atoms in total. The van der Waals surface area contributed by atoms with E-state index in [9.17, 15) is 10.1 Å². The SMILES string of the molecule is CC.CCN(CC)c1cccc(/C=C/C(=O)Nc2cc(-c3ccccc3C)ccc2C#N)c1. The zero-order chi connectivity index (χ0) is 24.2. The number of nitriles is 1. The summed E-state index contributed by atoms with van der Waals surface area (Å²) in [7, 11) is 0. The topological polar surface area (TPSA) is 56.1 Å². The van der Waals surface area contributed by atoms with Gasteiger partial charge in [0.2, 0.25) is 5.91 Å². The zero-order valence-corrected chi connectivity index (χ0v) is 20.2. The van der Waals surface area contributed by atoms with Gasteiger partial charge >= 0.3 is 0 Å². The molecule has 0 aromatic heterocycles. The maximum atomic E-state index is 12.6. The van der Waals surface area contributed by atoms with E-state index in [0.29, 0.717) is 11.3 Å². The molecule has 4 heteroatoms. The van der Waals surface area contributed by atoms with E-state index in [0.717, 1.165) is 41.0 Å². The van der Waals surface area contributed by atoms with Gasteiger partial charge in [-0.05, 0) is 73.4 Å². The van der Waals surface area contributed by atoms with Crippen LogP contribution in [0.4, 0.5) is 11.4 Å². The quantitative estimate of drug-likeness (QED) is 0.401. The fraction of sp³-hybridized carbons (Fsp3) is 0.241. The summed E-state index contributed by atoms with van der Waals surface area (Å²) in [4.78, 5) is 14.8. The van der Waals surface area contributed by atoms with Crippen LogP contribution in [-0.2, 0) is 4.79 Å². The van der Waals surface area contributed by atoms with Crippen LogP contribution in [0.3, 0.4) is 0 Å². The molecule has 0 radical (unpaired) electrons. The molecule has 0 unspecified atom stereocenters. The van der Waals surface area contributed by atoms with Crippen LogP contribution in [0.2, 0.25) is 0 Å². The van der Waals surface area contributed by atoms with Crippen LogP contribution >= 0.6 is 0 Å². The zero-order valence-electron chi connectivity index (χ0n) is 20.2. The lowest BCUT2D eigenvalue weighted by atomic mass is 9.98. The van der Waals surface area contributed by atoms with Crippen LogP contribution in [-0.4, -0.2) is 19.0 Å². The third kappa shape index (κ3) is 6.82. The molecule has 0 atom stereocenters. The first-order chi connectivity index (χ1) is 16.0. The van der Waals surface area contributed by atoms with Crippen molar-refractivity contribution in [3.05, 3.63) is 89.5 Å². The number of hydrogen-bond donors (Lipinski definition) is 1. The Morgan fingerprint density at radius 3 is 2.39 bits per heavy atom. The number of nitrogens with one attached hydrogen (secondary N) is 1. The van der Waals surface area contributed by atoms with Crippen molar-refractivity contribution in [2.75, 3.05) is 23.3 Å². The highest BCUT2D eigenvalue weighted by Gasteiger charge is 2.09. The fourth-order valence-corrected chi connectivity index (χ4v) is 3.57. The largest absolute Gasteiger partial charge is 0.372 e. The summed E-state index contributed by atoms with van der Waals surface area (Å²) >= 11 is 0. The van der Waals surface area contributed by atoms with Gasteiger partial charge in [0.15, 0.2) is 0 Å². The van der Waals surface area contributed by atoms with Crippen LogP contribution in [0.5, 0.6) is 0 Å². The van der Waals surface area contributed by atoms with Gasteiger partial charge in [-0.2, -0.15) is 5.26 Å². The highest BCUT2D eigenvalue weighted by molar-refractivity contribution is 6.03. The van der Waals surface area contributed by atoms with E-state index in [-0.39, 0.29) is 5.91 Å². The molecule has 3 rings (SSSR count). The van der Waals surface area contributed by atoms with Gasteiger partial charge in [-0.15, -0.1) is 0 Å². The normalized spacial score (nSPS) is 10.2. The van der Waals surface area contributed by atoms with Crippen LogP contribution in [0.1, 0.15) is 44.4 Å². The van der Waals surface area contributed by atoms with Gasteiger partial charge in [-0.3, -0.25) is 4.79 Å². The molecule has 170 valence electrons. The molecule has 0 aliphatic rings. The van der Waals surface area contributed by atoms with Gasteiger partial charge in [-0.25, -0.2) is 0 Å². The molecule has 0 spiro atoms. The van der Waals surface area contributed by atoms with Gasteiger partial charge in [0, 0.05) is 24.9 Å². The van der Waals surface area contributed by atoms with Gasteiger partial charge in [0.05, 0.1) is 11.3 Å². The van der Waals surface area contributed by atoms with Crippen LogP contribution in [0, 0.1) is 18.3 Å². The summed E-state index contributed by atoms with van der Waals surface area (Å²) < 4.78 is 0. The second-order valence-electron chi connectivity index (χ2n) is 7.28. The molecule has 0 heterocycles. The smallest absolute Gasteiger partial charge is 0.248 e. The highest BCUT2D eigenvalue weighted by atomic mass is 16.1. The number of amides is 1. The van der Waals surface area contributed by atoms with E-state index < -0.39 is 0 Å². The van der Waals surface area contributed by atoms with Crippen LogP contribution in [0.15, 0.2) is 72.8 Å². The number of aryl methyl sites for hydroxylation is 1. The fourth-order valence-electron chi connectivity index (χ4n) is 3.57. The van der Waals surface area contributed by atoms with Crippen molar-refractivity contribution in [1.29, 1.82) is 5.26 Å². The van der Waals surface area contributed by atoms with Crippen LogP contribution in [0.25, 0.3) is 17.2 Å². The minimum Gasteiger partial charge on any atom is -0.372 e.